The smallest absolute Gasteiger partial charge is 0.221 e. The van der Waals surface area contributed by atoms with Crippen LogP contribution in [0.4, 0.5) is 0 Å². The Balaban J connectivity index is 2.39. The van der Waals surface area contributed by atoms with Crippen LogP contribution < -0.4 is 10.6 Å². The molecule has 0 aromatic rings. The largest absolute Gasteiger partial charge is 0.354 e. The predicted octanol–water partition coefficient (Wildman–Crippen LogP) is -0.571. The molecule has 0 bridgehead atoms. The molecule has 1 amide bonds. The van der Waals surface area contributed by atoms with Crippen LogP contribution in [0.5, 0.6) is 0 Å². The molecule has 0 spiro atoms. The fourth-order valence-electron chi connectivity index (χ4n) is 1.65. The maximum absolute atomic E-state index is 11.6. The zero-order chi connectivity index (χ0) is 13.8. The number of hydrogen-bond acceptors (Lipinski definition) is 5. The van der Waals surface area contributed by atoms with E-state index in [1.165, 1.54) is 0 Å². The molecule has 7 heteroatoms. The first kappa shape index (κ1) is 14.9. The quantitative estimate of drug-likeness (QED) is 0.714. The van der Waals surface area contributed by atoms with E-state index >= 15 is 0 Å². The highest BCUT2D eigenvalue weighted by atomic mass is 32.2. The van der Waals surface area contributed by atoms with Gasteiger partial charge in [0.1, 0.15) is 0 Å². The van der Waals surface area contributed by atoms with Crippen molar-refractivity contribution in [1.82, 2.24) is 10.6 Å². The molecule has 6 nitrogen and oxygen atoms in total. The van der Waals surface area contributed by atoms with Gasteiger partial charge in [-0.15, -0.1) is 0 Å². The molecule has 18 heavy (non-hydrogen) atoms. The summed E-state index contributed by atoms with van der Waals surface area (Å²) in [6, 6.07) is 1.76. The van der Waals surface area contributed by atoms with Gasteiger partial charge in [0, 0.05) is 25.6 Å². The lowest BCUT2D eigenvalue weighted by Gasteiger charge is -2.23. The van der Waals surface area contributed by atoms with Gasteiger partial charge >= 0.3 is 0 Å². The normalized spacial score (nSPS) is 23.1. The summed E-state index contributed by atoms with van der Waals surface area (Å²) in [5.41, 5.74) is -0.609. The summed E-state index contributed by atoms with van der Waals surface area (Å²) in [6.45, 7) is 4.12. The van der Waals surface area contributed by atoms with Crippen LogP contribution >= 0.6 is 0 Å². The first-order valence-electron chi connectivity index (χ1n) is 5.86. The Morgan fingerprint density at radius 2 is 2.22 bits per heavy atom. The molecule has 1 aliphatic heterocycles. The molecule has 0 aromatic carbocycles. The van der Waals surface area contributed by atoms with Gasteiger partial charge in [-0.05, 0) is 13.8 Å². The van der Waals surface area contributed by atoms with Gasteiger partial charge in [-0.1, -0.05) is 0 Å². The fourth-order valence-corrected chi connectivity index (χ4v) is 3.10. The minimum Gasteiger partial charge on any atom is -0.354 e. The predicted molar refractivity (Wildman–Crippen MR) is 67.5 cm³/mol. The first-order valence-corrected chi connectivity index (χ1v) is 7.68. The molecule has 0 aliphatic carbocycles. The number of sulfone groups is 1. The Labute approximate surface area is 108 Å². The van der Waals surface area contributed by atoms with E-state index in [0.29, 0.717) is 6.54 Å². The number of hydrogen-bond donors (Lipinski definition) is 2. The summed E-state index contributed by atoms with van der Waals surface area (Å²) >= 11 is 0. The van der Waals surface area contributed by atoms with Crippen molar-refractivity contribution in [3.63, 3.8) is 0 Å². The number of nitrogens with one attached hydrogen (secondary N) is 2. The Morgan fingerprint density at radius 1 is 1.56 bits per heavy atom. The fraction of sp³-hybridized carbons (Fsp3) is 0.818. The average Bonchev–Trinajstić information content (AvgIpc) is 2.25. The third-order valence-corrected chi connectivity index (χ3v) is 4.50. The van der Waals surface area contributed by atoms with Crippen LogP contribution in [0.15, 0.2) is 0 Å². The van der Waals surface area contributed by atoms with Crippen LogP contribution in [0.25, 0.3) is 0 Å². The van der Waals surface area contributed by atoms with Crippen LogP contribution in [0.1, 0.15) is 20.3 Å². The van der Waals surface area contributed by atoms with Crippen molar-refractivity contribution in [1.29, 1.82) is 5.26 Å². The van der Waals surface area contributed by atoms with Gasteiger partial charge in [0.2, 0.25) is 5.91 Å². The molecular weight excluding hydrogens is 254 g/mol. The van der Waals surface area contributed by atoms with Crippen molar-refractivity contribution in [2.75, 3.05) is 24.6 Å². The molecule has 1 saturated heterocycles. The number of carbonyl (C=O) groups is 1. The summed E-state index contributed by atoms with van der Waals surface area (Å²) in [7, 11) is -3.02. The van der Waals surface area contributed by atoms with E-state index in [0.717, 1.165) is 0 Å². The minimum atomic E-state index is -3.02. The second-order valence-electron chi connectivity index (χ2n) is 5.24. The van der Waals surface area contributed by atoms with E-state index in [1.54, 1.807) is 13.8 Å². The maximum atomic E-state index is 11.6. The summed E-state index contributed by atoms with van der Waals surface area (Å²) < 4.78 is 22.8. The standard InChI is InChI=1S/C11H19N3O3S/c1-11(2,7-12)8-14-10(15)5-9-6-18(16,17)4-3-13-9/h9,13H,3-6,8H2,1-2H3,(H,14,15). The molecule has 1 aliphatic rings. The third-order valence-electron chi connectivity index (χ3n) is 2.76. The number of rotatable bonds is 4. The van der Waals surface area contributed by atoms with E-state index in [9.17, 15) is 13.2 Å². The lowest BCUT2D eigenvalue weighted by atomic mass is 9.96. The molecule has 2 N–H and O–H groups in total. The minimum absolute atomic E-state index is 0.00205. The topological polar surface area (TPSA) is 99.1 Å². The van der Waals surface area contributed by atoms with E-state index in [-0.39, 0.29) is 36.4 Å². The number of amides is 1. The van der Waals surface area contributed by atoms with Gasteiger partial charge in [-0.25, -0.2) is 8.42 Å². The first-order chi connectivity index (χ1) is 8.24. The Hall–Kier alpha value is -1.13. The zero-order valence-corrected chi connectivity index (χ0v) is 11.5. The Bertz CT molecular complexity index is 451. The van der Waals surface area contributed by atoms with E-state index in [1.807, 2.05) is 0 Å². The molecule has 1 atom stereocenters. The van der Waals surface area contributed by atoms with Crippen molar-refractivity contribution < 1.29 is 13.2 Å². The summed E-state index contributed by atoms with van der Waals surface area (Å²) in [5.74, 6) is -0.0952. The number of nitriles is 1. The Kier molecular flexibility index (Phi) is 4.71. The highest BCUT2D eigenvalue weighted by molar-refractivity contribution is 7.91. The molecule has 1 unspecified atom stereocenters. The van der Waals surface area contributed by atoms with Crippen molar-refractivity contribution in [3.8, 4) is 6.07 Å². The van der Waals surface area contributed by atoms with Crippen LogP contribution in [-0.2, 0) is 14.6 Å². The monoisotopic (exact) mass is 273 g/mol. The second kappa shape index (κ2) is 5.67. The van der Waals surface area contributed by atoms with Crippen LogP contribution in [0, 0.1) is 16.7 Å². The molecule has 1 heterocycles. The van der Waals surface area contributed by atoms with E-state index in [2.05, 4.69) is 16.7 Å². The maximum Gasteiger partial charge on any atom is 0.221 e. The van der Waals surface area contributed by atoms with Gasteiger partial charge in [0.25, 0.3) is 0 Å². The van der Waals surface area contributed by atoms with Gasteiger partial charge < -0.3 is 10.6 Å². The van der Waals surface area contributed by atoms with E-state index in [4.69, 9.17) is 5.26 Å². The number of carbonyl (C=O) groups excluding carboxylic acids is 1. The van der Waals surface area contributed by atoms with Crippen molar-refractivity contribution >= 4 is 15.7 Å². The highest BCUT2D eigenvalue weighted by Crippen LogP contribution is 2.11. The van der Waals surface area contributed by atoms with Crippen LogP contribution in [0.2, 0.25) is 0 Å². The second-order valence-corrected chi connectivity index (χ2v) is 7.47. The van der Waals surface area contributed by atoms with Crippen molar-refractivity contribution in [2.24, 2.45) is 5.41 Å². The van der Waals surface area contributed by atoms with Crippen molar-refractivity contribution in [2.45, 2.75) is 26.3 Å². The molecule has 0 aromatic heterocycles. The molecule has 0 radical (unpaired) electrons. The van der Waals surface area contributed by atoms with Gasteiger partial charge in [-0.3, -0.25) is 4.79 Å². The summed E-state index contributed by atoms with van der Waals surface area (Å²) in [6.07, 6.45) is 0.126. The molecule has 0 saturated carbocycles. The highest BCUT2D eigenvalue weighted by Gasteiger charge is 2.26. The molecular formula is C11H19N3O3S. The number of nitrogens with zero attached hydrogens (tertiary/aromatic N) is 1. The lowest BCUT2D eigenvalue weighted by molar-refractivity contribution is -0.121. The SMILES string of the molecule is CC(C)(C#N)CNC(=O)CC1CS(=O)(=O)CCN1. The van der Waals surface area contributed by atoms with Crippen LogP contribution in [0.3, 0.4) is 0 Å². The zero-order valence-electron chi connectivity index (χ0n) is 10.7. The lowest BCUT2D eigenvalue weighted by Crippen LogP contribution is -2.47. The molecule has 1 rings (SSSR count). The summed E-state index contributed by atoms with van der Waals surface area (Å²) in [4.78, 5) is 11.6. The molecule has 1 fully saturated rings. The Morgan fingerprint density at radius 3 is 2.78 bits per heavy atom. The van der Waals surface area contributed by atoms with Gasteiger partial charge in [-0.2, -0.15) is 5.26 Å². The third kappa shape index (κ3) is 5.02. The molecule has 102 valence electrons. The summed E-state index contributed by atoms with van der Waals surface area (Å²) in [5, 5.41) is 14.5. The average molecular weight is 273 g/mol. The van der Waals surface area contributed by atoms with Gasteiger partial charge in [0.15, 0.2) is 9.84 Å². The van der Waals surface area contributed by atoms with Crippen LogP contribution in [-0.4, -0.2) is 45.0 Å². The van der Waals surface area contributed by atoms with E-state index < -0.39 is 15.3 Å². The van der Waals surface area contributed by atoms with Crippen molar-refractivity contribution in [3.05, 3.63) is 0 Å². The van der Waals surface area contributed by atoms with Gasteiger partial charge in [0.05, 0.1) is 23.0 Å².